The van der Waals surface area contributed by atoms with E-state index in [0.29, 0.717) is 6.54 Å². The van der Waals surface area contributed by atoms with Gasteiger partial charge in [-0.1, -0.05) is 12.1 Å². The molecule has 0 radical (unpaired) electrons. The van der Waals surface area contributed by atoms with Crippen molar-refractivity contribution in [3.05, 3.63) is 24.3 Å². The second kappa shape index (κ2) is 6.89. The van der Waals surface area contributed by atoms with E-state index in [1.165, 1.54) is 0 Å². The summed E-state index contributed by atoms with van der Waals surface area (Å²) >= 11 is 0. The van der Waals surface area contributed by atoms with Crippen LogP contribution in [0.4, 0.5) is 10.7 Å². The Kier molecular flexibility index (Phi) is 5.13. The van der Waals surface area contributed by atoms with Crippen LogP contribution in [0, 0.1) is 0 Å². The molecule has 0 spiro atoms. The molecular weight excluding hydrogens is 292 g/mol. The molecule has 6 heteroatoms. The largest absolute Gasteiger partial charge is 0.444 e. The van der Waals surface area contributed by atoms with Gasteiger partial charge in [0, 0.05) is 19.6 Å². The first-order chi connectivity index (χ1) is 10.7. The number of ether oxygens (including phenoxy) is 1. The minimum Gasteiger partial charge on any atom is -0.444 e. The summed E-state index contributed by atoms with van der Waals surface area (Å²) in [5, 5.41) is 3.33. The summed E-state index contributed by atoms with van der Waals surface area (Å²) in [6.07, 6.45) is 0.501. The number of imidazole rings is 1. The molecule has 126 valence electrons. The van der Waals surface area contributed by atoms with E-state index in [1.54, 1.807) is 11.9 Å². The number of hydrogen-bond acceptors (Lipinski definition) is 4. The van der Waals surface area contributed by atoms with Crippen LogP contribution in [-0.4, -0.2) is 46.2 Å². The molecule has 2 rings (SSSR count). The highest BCUT2D eigenvalue weighted by Crippen LogP contribution is 2.15. The lowest BCUT2D eigenvalue weighted by molar-refractivity contribution is 0.0296. The zero-order valence-electron chi connectivity index (χ0n) is 14.5. The molecule has 0 aliphatic rings. The highest BCUT2D eigenvalue weighted by atomic mass is 16.6. The van der Waals surface area contributed by atoms with Crippen molar-refractivity contribution in [2.75, 3.05) is 18.9 Å². The lowest BCUT2D eigenvalue weighted by Gasteiger charge is -2.25. The van der Waals surface area contributed by atoms with Crippen LogP contribution in [0.1, 0.15) is 34.1 Å². The van der Waals surface area contributed by atoms with Crippen molar-refractivity contribution in [2.24, 2.45) is 0 Å². The highest BCUT2D eigenvalue weighted by Gasteiger charge is 2.19. The van der Waals surface area contributed by atoms with Crippen molar-refractivity contribution in [3.63, 3.8) is 0 Å². The maximum Gasteiger partial charge on any atom is 0.410 e. The van der Waals surface area contributed by atoms with Gasteiger partial charge >= 0.3 is 6.09 Å². The van der Waals surface area contributed by atoms with E-state index in [9.17, 15) is 4.79 Å². The summed E-state index contributed by atoms with van der Waals surface area (Å²) in [5.74, 6) is 0.749. The smallest absolute Gasteiger partial charge is 0.410 e. The van der Waals surface area contributed by atoms with Crippen LogP contribution in [0.3, 0.4) is 0 Å². The normalized spacial score (nSPS) is 12.9. The van der Waals surface area contributed by atoms with Gasteiger partial charge in [-0.3, -0.25) is 0 Å². The Balaban J connectivity index is 1.82. The number of para-hydroxylation sites is 2. The van der Waals surface area contributed by atoms with Gasteiger partial charge in [-0.2, -0.15) is 0 Å². The van der Waals surface area contributed by atoms with Crippen molar-refractivity contribution in [3.8, 4) is 0 Å². The van der Waals surface area contributed by atoms with Crippen LogP contribution < -0.4 is 5.32 Å². The fourth-order valence-electron chi connectivity index (χ4n) is 2.15. The van der Waals surface area contributed by atoms with E-state index in [2.05, 4.69) is 22.2 Å². The number of amides is 1. The van der Waals surface area contributed by atoms with Gasteiger partial charge < -0.3 is 19.9 Å². The number of nitrogens with zero attached hydrogens (tertiary/aromatic N) is 2. The third-order valence-corrected chi connectivity index (χ3v) is 3.38. The second-order valence-electron chi connectivity index (χ2n) is 6.84. The fraction of sp³-hybridized carbons (Fsp3) is 0.529. The zero-order chi connectivity index (χ0) is 17.0. The predicted octanol–water partition coefficient (Wildman–Crippen LogP) is 3.62. The van der Waals surface area contributed by atoms with Crippen molar-refractivity contribution in [1.29, 1.82) is 0 Å². The van der Waals surface area contributed by atoms with Gasteiger partial charge in [0.1, 0.15) is 5.60 Å². The maximum atomic E-state index is 11.9. The second-order valence-corrected chi connectivity index (χ2v) is 6.84. The molecule has 0 saturated heterocycles. The molecule has 2 aromatic rings. The maximum absolute atomic E-state index is 11.9. The molecule has 1 unspecified atom stereocenters. The SMILES string of the molecule is CC(CCN(C)C(=O)OC(C)(C)C)Nc1nc2ccccc2[nH]1. The molecular formula is C17H26N4O2. The molecule has 0 aliphatic heterocycles. The summed E-state index contributed by atoms with van der Waals surface area (Å²) in [6, 6.07) is 8.09. The topological polar surface area (TPSA) is 70.2 Å². The first kappa shape index (κ1) is 17.1. The van der Waals surface area contributed by atoms with Crippen LogP contribution >= 0.6 is 0 Å². The van der Waals surface area contributed by atoms with Gasteiger partial charge in [0.25, 0.3) is 0 Å². The van der Waals surface area contributed by atoms with E-state index in [0.717, 1.165) is 23.4 Å². The summed E-state index contributed by atoms with van der Waals surface area (Å²) < 4.78 is 5.34. The quantitative estimate of drug-likeness (QED) is 0.883. The minimum atomic E-state index is -0.469. The lowest BCUT2D eigenvalue weighted by Crippen LogP contribution is -2.36. The standard InChI is InChI=1S/C17H26N4O2/c1-12(10-11-21(5)16(22)23-17(2,3)4)18-15-19-13-8-6-7-9-14(13)20-15/h6-9,12H,10-11H2,1-5H3,(H2,18,19,20). The molecule has 2 N–H and O–H groups in total. The number of nitrogens with one attached hydrogen (secondary N) is 2. The van der Waals surface area contributed by atoms with Crippen molar-refractivity contribution in [1.82, 2.24) is 14.9 Å². The number of carbonyl (C=O) groups is 1. The molecule has 0 saturated carbocycles. The third kappa shape index (κ3) is 5.16. The molecule has 1 aromatic carbocycles. The molecule has 1 amide bonds. The Morgan fingerprint density at radius 1 is 1.39 bits per heavy atom. The fourth-order valence-corrected chi connectivity index (χ4v) is 2.15. The van der Waals surface area contributed by atoms with Crippen LogP contribution in [0.2, 0.25) is 0 Å². The molecule has 0 aliphatic carbocycles. The Morgan fingerprint density at radius 2 is 2.09 bits per heavy atom. The van der Waals surface area contributed by atoms with Crippen molar-refractivity contribution < 1.29 is 9.53 Å². The molecule has 0 bridgehead atoms. The minimum absolute atomic E-state index is 0.181. The number of aromatic nitrogens is 2. The van der Waals surface area contributed by atoms with E-state index in [1.807, 2.05) is 45.0 Å². The number of aromatic amines is 1. The summed E-state index contributed by atoms with van der Waals surface area (Å²) in [4.78, 5) is 21.2. The molecule has 23 heavy (non-hydrogen) atoms. The van der Waals surface area contributed by atoms with Crippen LogP contribution in [0.15, 0.2) is 24.3 Å². The lowest BCUT2D eigenvalue weighted by atomic mass is 10.2. The molecule has 1 aromatic heterocycles. The molecule has 1 atom stereocenters. The van der Waals surface area contributed by atoms with E-state index >= 15 is 0 Å². The van der Waals surface area contributed by atoms with Crippen molar-refractivity contribution in [2.45, 2.75) is 45.8 Å². The number of benzene rings is 1. The summed E-state index contributed by atoms with van der Waals surface area (Å²) in [6.45, 7) is 8.28. The van der Waals surface area contributed by atoms with E-state index in [-0.39, 0.29) is 12.1 Å². The van der Waals surface area contributed by atoms with E-state index in [4.69, 9.17) is 4.74 Å². The Morgan fingerprint density at radius 3 is 2.74 bits per heavy atom. The number of H-pyrrole nitrogens is 1. The predicted molar refractivity (Wildman–Crippen MR) is 92.7 cm³/mol. The van der Waals surface area contributed by atoms with Crippen LogP contribution in [0.25, 0.3) is 11.0 Å². The van der Waals surface area contributed by atoms with Gasteiger partial charge in [0.2, 0.25) is 5.95 Å². The van der Waals surface area contributed by atoms with Gasteiger partial charge in [0.15, 0.2) is 0 Å². The average Bonchev–Trinajstić information content (AvgIpc) is 2.84. The van der Waals surface area contributed by atoms with Gasteiger partial charge in [-0.05, 0) is 46.2 Å². The van der Waals surface area contributed by atoms with E-state index < -0.39 is 5.60 Å². The average molecular weight is 318 g/mol. The summed E-state index contributed by atoms with van der Waals surface area (Å²) in [5.41, 5.74) is 1.48. The molecule has 0 fully saturated rings. The van der Waals surface area contributed by atoms with Crippen LogP contribution in [0.5, 0.6) is 0 Å². The number of fused-ring (bicyclic) bond motifs is 1. The Hall–Kier alpha value is -2.24. The van der Waals surface area contributed by atoms with Crippen molar-refractivity contribution >= 4 is 23.1 Å². The molecule has 6 nitrogen and oxygen atoms in total. The van der Waals surface area contributed by atoms with Gasteiger partial charge in [-0.25, -0.2) is 9.78 Å². The van der Waals surface area contributed by atoms with Crippen LogP contribution in [-0.2, 0) is 4.74 Å². The number of rotatable bonds is 5. The number of hydrogen-bond donors (Lipinski definition) is 2. The first-order valence-corrected chi connectivity index (χ1v) is 7.90. The zero-order valence-corrected chi connectivity index (χ0v) is 14.5. The highest BCUT2D eigenvalue weighted by molar-refractivity contribution is 5.77. The first-order valence-electron chi connectivity index (χ1n) is 7.90. The Labute approximate surface area is 137 Å². The Bertz CT molecular complexity index is 627. The number of anilines is 1. The third-order valence-electron chi connectivity index (χ3n) is 3.38. The number of carbonyl (C=O) groups excluding carboxylic acids is 1. The monoisotopic (exact) mass is 318 g/mol. The van der Waals surface area contributed by atoms with Gasteiger partial charge in [0.05, 0.1) is 11.0 Å². The van der Waals surface area contributed by atoms with Gasteiger partial charge in [-0.15, -0.1) is 0 Å². The molecule has 1 heterocycles. The summed E-state index contributed by atoms with van der Waals surface area (Å²) in [7, 11) is 1.75.